The van der Waals surface area contributed by atoms with Crippen LogP contribution in [0.15, 0.2) is 36.8 Å². The fourth-order valence-corrected chi connectivity index (χ4v) is 2.89. The monoisotopic (exact) mass is 313 g/mol. The predicted octanol–water partition coefficient (Wildman–Crippen LogP) is 1.66. The second-order valence-corrected chi connectivity index (χ2v) is 5.98. The van der Waals surface area contributed by atoms with Gasteiger partial charge in [-0.2, -0.15) is 5.10 Å². The number of carbonyl (C=O) groups is 1. The van der Waals surface area contributed by atoms with Crippen molar-refractivity contribution in [2.45, 2.75) is 32.2 Å². The maximum atomic E-state index is 12.0. The third-order valence-electron chi connectivity index (χ3n) is 4.28. The summed E-state index contributed by atoms with van der Waals surface area (Å²) in [6, 6.07) is 5.72. The van der Waals surface area contributed by atoms with E-state index in [1.165, 1.54) is 12.8 Å². The molecule has 6 nitrogen and oxygen atoms in total. The minimum absolute atomic E-state index is 0.126. The van der Waals surface area contributed by atoms with Gasteiger partial charge in [0, 0.05) is 31.6 Å². The zero-order valence-electron chi connectivity index (χ0n) is 13.2. The molecule has 1 aliphatic rings. The highest BCUT2D eigenvalue weighted by atomic mass is 16.1. The Hall–Kier alpha value is -2.21. The minimum Gasteiger partial charge on any atom is -0.352 e. The molecule has 0 saturated carbocycles. The van der Waals surface area contributed by atoms with Crippen molar-refractivity contribution in [2.75, 3.05) is 13.1 Å². The Morgan fingerprint density at radius 1 is 1.35 bits per heavy atom. The topological polar surface area (TPSA) is 71.8 Å². The molecule has 0 atom stereocenters. The first kappa shape index (κ1) is 15.7. The molecule has 3 heterocycles. The summed E-state index contributed by atoms with van der Waals surface area (Å²) in [5.41, 5.74) is 1.03. The van der Waals surface area contributed by atoms with Gasteiger partial charge in [-0.1, -0.05) is 0 Å². The third kappa shape index (κ3) is 4.63. The van der Waals surface area contributed by atoms with E-state index in [-0.39, 0.29) is 5.91 Å². The molecule has 2 N–H and O–H groups in total. The van der Waals surface area contributed by atoms with Crippen LogP contribution in [0.4, 0.5) is 0 Å². The molecule has 0 aromatic carbocycles. The molecule has 122 valence electrons. The maximum absolute atomic E-state index is 12.0. The van der Waals surface area contributed by atoms with E-state index >= 15 is 0 Å². The smallest absolute Gasteiger partial charge is 0.220 e. The summed E-state index contributed by atoms with van der Waals surface area (Å²) in [4.78, 5) is 16.3. The molecule has 1 amide bonds. The van der Waals surface area contributed by atoms with Crippen molar-refractivity contribution in [1.29, 1.82) is 0 Å². The zero-order valence-corrected chi connectivity index (χ0v) is 13.2. The van der Waals surface area contributed by atoms with Crippen molar-refractivity contribution in [3.05, 3.63) is 42.4 Å². The molecule has 0 unspecified atom stereocenters. The number of piperidine rings is 1. The van der Waals surface area contributed by atoms with Crippen LogP contribution in [0, 0.1) is 5.92 Å². The molecule has 6 heteroatoms. The highest BCUT2D eigenvalue weighted by Crippen LogP contribution is 2.17. The molecule has 1 saturated heterocycles. The van der Waals surface area contributed by atoms with Crippen molar-refractivity contribution in [2.24, 2.45) is 5.92 Å². The molecule has 1 aliphatic heterocycles. The summed E-state index contributed by atoms with van der Waals surface area (Å²) < 4.78 is 1.71. The van der Waals surface area contributed by atoms with Crippen LogP contribution in [-0.4, -0.2) is 33.8 Å². The minimum atomic E-state index is 0.126. The van der Waals surface area contributed by atoms with E-state index in [4.69, 9.17) is 0 Å². The van der Waals surface area contributed by atoms with Gasteiger partial charge in [0.15, 0.2) is 5.82 Å². The number of aromatic nitrogens is 3. The lowest BCUT2D eigenvalue weighted by Crippen LogP contribution is -2.29. The van der Waals surface area contributed by atoms with E-state index in [1.54, 1.807) is 17.1 Å². The highest BCUT2D eigenvalue weighted by molar-refractivity contribution is 5.75. The van der Waals surface area contributed by atoms with E-state index in [2.05, 4.69) is 20.7 Å². The number of carbonyl (C=O) groups excluding carboxylic acids is 1. The Labute approximate surface area is 136 Å². The SMILES string of the molecule is O=C(CCC1CCNCC1)NCc1ccnc(-n2cccn2)c1. The number of pyridine rings is 1. The van der Waals surface area contributed by atoms with Crippen LogP contribution in [0.5, 0.6) is 0 Å². The van der Waals surface area contributed by atoms with Crippen LogP contribution in [0.3, 0.4) is 0 Å². The van der Waals surface area contributed by atoms with Crippen LogP contribution in [0.25, 0.3) is 5.82 Å². The van der Waals surface area contributed by atoms with E-state index in [0.29, 0.717) is 18.9 Å². The first-order chi connectivity index (χ1) is 11.3. The number of nitrogens with zero attached hydrogens (tertiary/aromatic N) is 3. The molecule has 0 radical (unpaired) electrons. The van der Waals surface area contributed by atoms with Crippen molar-refractivity contribution >= 4 is 5.91 Å². The first-order valence-electron chi connectivity index (χ1n) is 8.23. The van der Waals surface area contributed by atoms with Gasteiger partial charge in [-0.3, -0.25) is 4.79 Å². The van der Waals surface area contributed by atoms with Gasteiger partial charge in [0.05, 0.1) is 0 Å². The van der Waals surface area contributed by atoms with Crippen molar-refractivity contribution < 1.29 is 4.79 Å². The second kappa shape index (κ2) is 7.87. The number of hydrogen-bond acceptors (Lipinski definition) is 4. The Balaban J connectivity index is 1.46. The van der Waals surface area contributed by atoms with Crippen LogP contribution in [0.2, 0.25) is 0 Å². The van der Waals surface area contributed by atoms with Gasteiger partial charge in [-0.25, -0.2) is 9.67 Å². The molecule has 2 aromatic heterocycles. The van der Waals surface area contributed by atoms with Gasteiger partial charge >= 0.3 is 0 Å². The predicted molar refractivity (Wildman–Crippen MR) is 88.0 cm³/mol. The van der Waals surface area contributed by atoms with Gasteiger partial charge in [0.1, 0.15) is 0 Å². The van der Waals surface area contributed by atoms with Gasteiger partial charge in [0.2, 0.25) is 5.91 Å². The molecule has 0 spiro atoms. The molecule has 0 bridgehead atoms. The van der Waals surface area contributed by atoms with Crippen LogP contribution >= 0.6 is 0 Å². The van der Waals surface area contributed by atoms with Gasteiger partial charge in [0.25, 0.3) is 0 Å². The summed E-state index contributed by atoms with van der Waals surface area (Å²) in [7, 11) is 0. The van der Waals surface area contributed by atoms with Crippen molar-refractivity contribution in [3.8, 4) is 5.82 Å². The first-order valence-corrected chi connectivity index (χ1v) is 8.23. The maximum Gasteiger partial charge on any atom is 0.220 e. The average molecular weight is 313 g/mol. The highest BCUT2D eigenvalue weighted by Gasteiger charge is 2.14. The molecule has 23 heavy (non-hydrogen) atoms. The molecule has 1 fully saturated rings. The van der Waals surface area contributed by atoms with Crippen molar-refractivity contribution in [3.63, 3.8) is 0 Å². The molecular formula is C17H23N5O. The number of nitrogens with one attached hydrogen (secondary N) is 2. The molecule has 3 rings (SSSR count). The summed E-state index contributed by atoms with van der Waals surface area (Å²) in [6.07, 6.45) is 9.29. The van der Waals surface area contributed by atoms with Gasteiger partial charge in [-0.05, 0) is 62.0 Å². The van der Waals surface area contributed by atoms with Crippen LogP contribution in [-0.2, 0) is 11.3 Å². The summed E-state index contributed by atoms with van der Waals surface area (Å²) in [6.45, 7) is 2.70. The largest absolute Gasteiger partial charge is 0.352 e. The summed E-state index contributed by atoms with van der Waals surface area (Å²) in [5.74, 6) is 1.58. The molecule has 2 aromatic rings. The third-order valence-corrected chi connectivity index (χ3v) is 4.28. The zero-order chi connectivity index (χ0) is 15.9. The lowest BCUT2D eigenvalue weighted by atomic mass is 9.93. The number of amides is 1. The lowest BCUT2D eigenvalue weighted by Gasteiger charge is -2.22. The summed E-state index contributed by atoms with van der Waals surface area (Å²) >= 11 is 0. The quantitative estimate of drug-likeness (QED) is 0.851. The second-order valence-electron chi connectivity index (χ2n) is 5.98. The van der Waals surface area contributed by atoms with Gasteiger partial charge < -0.3 is 10.6 Å². The number of rotatable bonds is 6. The standard InChI is InChI=1S/C17H23N5O/c23-17(3-2-14-4-8-18-9-5-14)20-13-15-6-10-19-16(12-15)22-11-1-7-21-22/h1,6-7,10-12,14,18H,2-5,8-9,13H2,(H,20,23). The Morgan fingerprint density at radius 2 is 2.22 bits per heavy atom. The van der Waals surface area contributed by atoms with E-state index in [0.717, 1.165) is 30.9 Å². The summed E-state index contributed by atoms with van der Waals surface area (Å²) in [5, 5.41) is 10.5. The fourth-order valence-electron chi connectivity index (χ4n) is 2.89. The number of hydrogen-bond donors (Lipinski definition) is 2. The van der Waals surface area contributed by atoms with Crippen molar-refractivity contribution in [1.82, 2.24) is 25.4 Å². The van der Waals surface area contributed by atoms with Crippen LogP contribution in [0.1, 0.15) is 31.2 Å². The Morgan fingerprint density at radius 3 is 3.00 bits per heavy atom. The molecular weight excluding hydrogens is 290 g/mol. The van der Waals surface area contributed by atoms with Gasteiger partial charge in [-0.15, -0.1) is 0 Å². The Kier molecular flexibility index (Phi) is 5.37. The lowest BCUT2D eigenvalue weighted by molar-refractivity contribution is -0.121. The normalized spacial score (nSPS) is 15.5. The fraction of sp³-hybridized carbons (Fsp3) is 0.471. The van der Waals surface area contributed by atoms with Crippen LogP contribution < -0.4 is 10.6 Å². The van der Waals surface area contributed by atoms with E-state index < -0.39 is 0 Å². The molecule has 0 aliphatic carbocycles. The van der Waals surface area contributed by atoms with E-state index in [9.17, 15) is 4.79 Å². The van der Waals surface area contributed by atoms with E-state index in [1.807, 2.05) is 24.4 Å². The average Bonchev–Trinajstić information content (AvgIpc) is 3.14. The Bertz CT molecular complexity index is 620.